The number of hydrogen-bond acceptors (Lipinski definition) is 7. The van der Waals surface area contributed by atoms with E-state index >= 15 is 0 Å². The Morgan fingerprint density at radius 3 is 2.48 bits per heavy atom. The van der Waals surface area contributed by atoms with Crippen molar-refractivity contribution in [3.8, 4) is 11.8 Å². The fourth-order valence-corrected chi connectivity index (χ4v) is 5.45. The summed E-state index contributed by atoms with van der Waals surface area (Å²) < 4.78 is 60.2. The number of alkyl halides is 4. The lowest BCUT2D eigenvalue weighted by Crippen LogP contribution is -2.49. The van der Waals surface area contributed by atoms with Crippen LogP contribution < -0.4 is 14.5 Å². The molecule has 0 spiro atoms. The van der Waals surface area contributed by atoms with Crippen LogP contribution in [0.1, 0.15) is 30.7 Å². The van der Waals surface area contributed by atoms with Gasteiger partial charge in [-0.25, -0.2) is 9.78 Å². The second-order valence-corrected chi connectivity index (χ2v) is 10.6. The van der Waals surface area contributed by atoms with Gasteiger partial charge in [-0.05, 0) is 55.9 Å². The highest BCUT2D eigenvalue weighted by atomic mass is 32.1. The van der Waals surface area contributed by atoms with Crippen LogP contribution in [0.2, 0.25) is 0 Å². The Balaban J connectivity index is 1.55. The third-order valence-corrected chi connectivity index (χ3v) is 7.55. The van der Waals surface area contributed by atoms with Gasteiger partial charge in [-0.15, -0.1) is 0 Å². The van der Waals surface area contributed by atoms with Gasteiger partial charge in [0.05, 0.1) is 24.1 Å². The Morgan fingerprint density at radius 2 is 1.88 bits per heavy atom. The molecule has 0 unspecified atom stereocenters. The molecule has 15 heteroatoms. The van der Waals surface area contributed by atoms with Crippen LogP contribution in [0.4, 0.5) is 33.7 Å². The molecule has 2 fully saturated rings. The third kappa shape index (κ3) is 6.09. The Labute approximate surface area is 244 Å². The summed E-state index contributed by atoms with van der Waals surface area (Å²) in [5, 5.41) is 18.1. The van der Waals surface area contributed by atoms with Crippen LogP contribution in [0.5, 0.6) is 5.75 Å². The standard InChI is InChI=1S/C27H28F4N6O4S/c1-26(2)23(38)36(19-14-20(27(29,30)31)21(15-32)33-16-19)24(42)37(26)18-3-4-22(17(13-18)5-6-28)41-12-11-34-7-9-35(10-8-34)25(39)40/h3-4,13-14,16H,5-12H2,1-2H3,(H,39,40). The van der Waals surface area contributed by atoms with E-state index in [0.717, 1.165) is 11.1 Å². The molecule has 0 radical (unpaired) electrons. The van der Waals surface area contributed by atoms with Gasteiger partial charge < -0.3 is 19.6 Å². The van der Waals surface area contributed by atoms with Crippen LogP contribution in [0.25, 0.3) is 0 Å². The lowest BCUT2D eigenvalue weighted by Gasteiger charge is -2.33. The molecule has 1 aromatic carbocycles. The number of benzene rings is 1. The molecule has 0 bridgehead atoms. The van der Waals surface area contributed by atoms with E-state index in [0.29, 0.717) is 55.8 Å². The van der Waals surface area contributed by atoms with E-state index in [1.165, 1.54) is 15.9 Å². The first kappa shape index (κ1) is 30.9. The molecule has 42 heavy (non-hydrogen) atoms. The fraction of sp³-hybridized carbons (Fsp3) is 0.444. The zero-order valence-corrected chi connectivity index (χ0v) is 23.6. The maximum absolute atomic E-state index is 13.6. The number of piperazine rings is 1. The topological polar surface area (TPSA) is 113 Å². The van der Waals surface area contributed by atoms with Gasteiger partial charge in [0.25, 0.3) is 5.91 Å². The molecule has 2 aliphatic heterocycles. The molecule has 3 heterocycles. The van der Waals surface area contributed by atoms with Gasteiger partial charge in [-0.3, -0.25) is 19.0 Å². The summed E-state index contributed by atoms with van der Waals surface area (Å²) in [6.45, 7) is 5.18. The number of carbonyl (C=O) groups is 2. The minimum absolute atomic E-state index is 0.00757. The second kappa shape index (κ2) is 12.1. The number of aromatic nitrogens is 1. The smallest absolute Gasteiger partial charge is 0.419 e. The van der Waals surface area contributed by atoms with Crippen molar-refractivity contribution < 1.29 is 37.0 Å². The number of pyridine rings is 1. The predicted octanol–water partition coefficient (Wildman–Crippen LogP) is 4.08. The Morgan fingerprint density at radius 1 is 1.19 bits per heavy atom. The van der Waals surface area contributed by atoms with Crippen LogP contribution >= 0.6 is 12.2 Å². The van der Waals surface area contributed by atoms with E-state index in [-0.39, 0.29) is 23.8 Å². The summed E-state index contributed by atoms with van der Waals surface area (Å²) in [5.41, 5.74) is -2.75. The minimum Gasteiger partial charge on any atom is -0.492 e. The average Bonchev–Trinajstić information content (AvgIpc) is 3.12. The van der Waals surface area contributed by atoms with Crippen LogP contribution in [0, 0.1) is 11.3 Å². The van der Waals surface area contributed by atoms with E-state index in [1.807, 2.05) is 0 Å². The van der Waals surface area contributed by atoms with Crippen molar-refractivity contribution in [1.29, 1.82) is 5.26 Å². The molecule has 0 aliphatic carbocycles. The number of carbonyl (C=O) groups excluding carboxylic acids is 1. The van der Waals surface area contributed by atoms with E-state index in [2.05, 4.69) is 9.88 Å². The molecule has 2 saturated heterocycles. The zero-order chi connectivity index (χ0) is 30.8. The molecule has 0 atom stereocenters. The number of rotatable bonds is 8. The number of nitriles is 1. The SMILES string of the molecule is CC1(C)C(=O)N(c2cnc(C#N)c(C(F)(F)F)c2)C(=S)N1c1ccc(OCCN2CCN(C(=O)O)CC2)c(CCF)c1. The van der Waals surface area contributed by atoms with Crippen LogP contribution in [-0.2, 0) is 17.4 Å². The van der Waals surface area contributed by atoms with Gasteiger partial charge in [0.2, 0.25) is 0 Å². The van der Waals surface area contributed by atoms with E-state index < -0.39 is 41.6 Å². The molecule has 2 amide bonds. The first-order valence-electron chi connectivity index (χ1n) is 13.0. The van der Waals surface area contributed by atoms with Gasteiger partial charge in [-0.2, -0.15) is 18.4 Å². The van der Waals surface area contributed by atoms with Crippen molar-refractivity contribution in [2.45, 2.75) is 32.0 Å². The molecule has 0 saturated carbocycles. The Hall–Kier alpha value is -4.03. The highest BCUT2D eigenvalue weighted by Crippen LogP contribution is 2.40. The van der Waals surface area contributed by atoms with Crippen LogP contribution in [0.3, 0.4) is 0 Å². The van der Waals surface area contributed by atoms with Crippen molar-refractivity contribution in [2.75, 3.05) is 55.8 Å². The number of thiocarbonyl (C=S) groups is 1. The van der Waals surface area contributed by atoms with Gasteiger partial charge in [0, 0.05) is 44.8 Å². The lowest BCUT2D eigenvalue weighted by molar-refractivity contribution is -0.138. The first-order valence-corrected chi connectivity index (χ1v) is 13.4. The highest BCUT2D eigenvalue weighted by Gasteiger charge is 2.51. The molecule has 2 aliphatic rings. The number of hydrogen-bond donors (Lipinski definition) is 1. The summed E-state index contributed by atoms with van der Waals surface area (Å²) in [6.07, 6.45) is -4.83. The monoisotopic (exact) mass is 608 g/mol. The number of nitrogens with zero attached hydrogens (tertiary/aromatic N) is 6. The lowest BCUT2D eigenvalue weighted by atomic mass is 10.0. The fourth-order valence-electron chi connectivity index (χ4n) is 4.93. The largest absolute Gasteiger partial charge is 0.492 e. The summed E-state index contributed by atoms with van der Waals surface area (Å²) in [6, 6.07) is 6.96. The number of anilines is 2. The quantitative estimate of drug-likeness (QED) is 0.350. The number of amides is 2. The molecule has 1 N–H and O–H groups in total. The molecular weight excluding hydrogens is 580 g/mol. The molecular formula is C27H28F4N6O4S. The highest BCUT2D eigenvalue weighted by molar-refractivity contribution is 7.81. The Kier molecular flexibility index (Phi) is 8.88. The van der Waals surface area contributed by atoms with Crippen LogP contribution in [0.15, 0.2) is 30.5 Å². The normalized spacial score (nSPS) is 17.5. The number of carboxylic acid groups (broad SMARTS) is 1. The maximum Gasteiger partial charge on any atom is 0.419 e. The van der Waals surface area contributed by atoms with Gasteiger partial charge >= 0.3 is 12.3 Å². The zero-order valence-electron chi connectivity index (χ0n) is 22.8. The Bertz CT molecular complexity index is 1420. The van der Waals surface area contributed by atoms with Crippen molar-refractivity contribution in [1.82, 2.24) is 14.8 Å². The molecule has 1 aromatic heterocycles. The first-order chi connectivity index (χ1) is 19.8. The molecule has 2 aromatic rings. The van der Waals surface area contributed by atoms with Crippen molar-refractivity contribution in [2.24, 2.45) is 0 Å². The van der Waals surface area contributed by atoms with Gasteiger partial charge in [-0.1, -0.05) is 0 Å². The minimum atomic E-state index is -4.88. The van der Waals surface area contributed by atoms with Gasteiger partial charge in [0.1, 0.15) is 24.0 Å². The summed E-state index contributed by atoms with van der Waals surface area (Å²) in [4.78, 5) is 34.0. The summed E-state index contributed by atoms with van der Waals surface area (Å²) in [7, 11) is 0. The summed E-state index contributed by atoms with van der Waals surface area (Å²) >= 11 is 5.56. The van der Waals surface area contributed by atoms with Crippen molar-refractivity contribution >= 4 is 40.7 Å². The van der Waals surface area contributed by atoms with Crippen LogP contribution in [-0.4, -0.2) is 88.5 Å². The molecule has 4 rings (SSSR count). The maximum atomic E-state index is 13.6. The van der Waals surface area contributed by atoms with E-state index in [4.69, 9.17) is 27.3 Å². The van der Waals surface area contributed by atoms with Crippen molar-refractivity contribution in [3.05, 3.63) is 47.3 Å². The van der Waals surface area contributed by atoms with E-state index in [9.17, 15) is 27.2 Å². The molecule has 224 valence electrons. The second-order valence-electron chi connectivity index (χ2n) is 10.2. The molecule has 10 nitrogen and oxygen atoms in total. The predicted molar refractivity (Wildman–Crippen MR) is 148 cm³/mol. The number of halogens is 4. The van der Waals surface area contributed by atoms with E-state index in [1.54, 1.807) is 32.0 Å². The van der Waals surface area contributed by atoms with Gasteiger partial charge in [0.15, 0.2) is 10.8 Å². The number of ether oxygens (including phenoxy) is 1. The van der Waals surface area contributed by atoms with Crippen molar-refractivity contribution in [3.63, 3.8) is 0 Å². The summed E-state index contributed by atoms with van der Waals surface area (Å²) in [5.74, 6) is -0.180. The number of aryl methyl sites for hydroxylation is 1. The average molecular weight is 609 g/mol. The third-order valence-electron chi connectivity index (χ3n) is 7.18.